The lowest BCUT2D eigenvalue weighted by Gasteiger charge is -2.13. The minimum absolute atomic E-state index is 0.294. The Morgan fingerprint density at radius 1 is 1.20 bits per heavy atom. The fourth-order valence-electron chi connectivity index (χ4n) is 0.982. The summed E-state index contributed by atoms with van der Waals surface area (Å²) in [7, 11) is 1.22. The molecular formula is C11H16O4. The summed E-state index contributed by atoms with van der Waals surface area (Å²) < 4.78 is 9.36. The first kappa shape index (κ1) is 13.4. The van der Waals surface area contributed by atoms with Gasteiger partial charge in [0.05, 0.1) is 7.11 Å². The van der Waals surface area contributed by atoms with Crippen molar-refractivity contribution in [1.29, 1.82) is 0 Å². The Morgan fingerprint density at radius 2 is 1.73 bits per heavy atom. The second-order valence-electron chi connectivity index (χ2n) is 2.91. The predicted molar refractivity (Wildman–Crippen MR) is 56.1 cm³/mol. The van der Waals surface area contributed by atoms with Crippen molar-refractivity contribution in [2.75, 3.05) is 7.11 Å². The Kier molecular flexibility index (Phi) is 6.97. The molecule has 0 atom stereocenters. The maximum atomic E-state index is 11.2. The highest BCUT2D eigenvalue weighted by Crippen LogP contribution is 2.07. The quantitative estimate of drug-likeness (QED) is 0.365. The molecule has 4 heteroatoms. The standard InChI is InChI=1S/C11H16O4/c1-4-6-9(7-5-2)15-11(13)8-10(12)14-3/h4-5,9H,1-2,6-8H2,3H3. The molecule has 0 aromatic heterocycles. The largest absolute Gasteiger partial charge is 0.469 e. The fraction of sp³-hybridized carbons (Fsp3) is 0.455. The van der Waals surface area contributed by atoms with Crippen molar-refractivity contribution in [2.45, 2.75) is 25.4 Å². The molecule has 0 aliphatic rings. The van der Waals surface area contributed by atoms with E-state index >= 15 is 0 Å². The van der Waals surface area contributed by atoms with E-state index in [4.69, 9.17) is 4.74 Å². The number of rotatable bonds is 7. The van der Waals surface area contributed by atoms with E-state index in [0.29, 0.717) is 12.8 Å². The average molecular weight is 212 g/mol. The van der Waals surface area contributed by atoms with Crippen molar-refractivity contribution in [2.24, 2.45) is 0 Å². The molecule has 0 saturated heterocycles. The smallest absolute Gasteiger partial charge is 0.317 e. The topological polar surface area (TPSA) is 52.6 Å². The number of hydrogen-bond donors (Lipinski definition) is 0. The Balaban J connectivity index is 4.03. The van der Waals surface area contributed by atoms with Gasteiger partial charge >= 0.3 is 11.9 Å². The zero-order chi connectivity index (χ0) is 11.7. The molecule has 0 N–H and O–H groups in total. The Labute approximate surface area is 89.6 Å². The van der Waals surface area contributed by atoms with Crippen LogP contribution in [0.3, 0.4) is 0 Å². The molecule has 0 heterocycles. The van der Waals surface area contributed by atoms with Crippen LogP contribution in [-0.4, -0.2) is 25.2 Å². The number of hydrogen-bond acceptors (Lipinski definition) is 4. The monoisotopic (exact) mass is 212 g/mol. The zero-order valence-corrected chi connectivity index (χ0v) is 8.90. The number of esters is 2. The van der Waals surface area contributed by atoms with Crippen LogP contribution in [0.5, 0.6) is 0 Å². The number of carbonyl (C=O) groups is 2. The van der Waals surface area contributed by atoms with Gasteiger partial charge < -0.3 is 9.47 Å². The van der Waals surface area contributed by atoms with Crippen molar-refractivity contribution in [3.05, 3.63) is 25.3 Å². The van der Waals surface area contributed by atoms with Gasteiger partial charge in [0.1, 0.15) is 12.5 Å². The fourth-order valence-corrected chi connectivity index (χ4v) is 0.982. The minimum atomic E-state index is -0.601. The molecule has 0 amide bonds. The van der Waals surface area contributed by atoms with E-state index in [-0.39, 0.29) is 12.5 Å². The molecular weight excluding hydrogens is 196 g/mol. The van der Waals surface area contributed by atoms with Gasteiger partial charge in [0.2, 0.25) is 0 Å². The van der Waals surface area contributed by atoms with Crippen LogP contribution in [0.15, 0.2) is 25.3 Å². The highest BCUT2D eigenvalue weighted by Gasteiger charge is 2.15. The Bertz CT molecular complexity index is 235. The molecule has 0 aromatic rings. The van der Waals surface area contributed by atoms with Crippen LogP contribution in [0.2, 0.25) is 0 Å². The second-order valence-corrected chi connectivity index (χ2v) is 2.91. The molecule has 0 fully saturated rings. The molecule has 0 aliphatic heterocycles. The van der Waals surface area contributed by atoms with Crippen molar-refractivity contribution >= 4 is 11.9 Å². The summed E-state index contributed by atoms with van der Waals surface area (Å²) in [5.41, 5.74) is 0. The molecule has 84 valence electrons. The summed E-state index contributed by atoms with van der Waals surface area (Å²) in [5.74, 6) is -1.19. The van der Waals surface area contributed by atoms with E-state index in [1.165, 1.54) is 7.11 Å². The highest BCUT2D eigenvalue weighted by atomic mass is 16.6. The molecule has 0 aromatic carbocycles. The summed E-state index contributed by atoms with van der Waals surface area (Å²) in [5, 5.41) is 0. The van der Waals surface area contributed by atoms with Crippen molar-refractivity contribution in [1.82, 2.24) is 0 Å². The summed E-state index contributed by atoms with van der Waals surface area (Å²) in [4.78, 5) is 21.9. The first-order valence-electron chi connectivity index (χ1n) is 4.62. The molecule has 0 saturated carbocycles. The van der Waals surface area contributed by atoms with Gasteiger partial charge in [-0.05, 0) is 0 Å². The zero-order valence-electron chi connectivity index (χ0n) is 8.90. The highest BCUT2D eigenvalue weighted by molar-refractivity contribution is 5.91. The molecule has 0 radical (unpaired) electrons. The third-order valence-electron chi connectivity index (χ3n) is 1.67. The summed E-state index contributed by atoms with van der Waals surface area (Å²) in [6.45, 7) is 7.10. The predicted octanol–water partition coefficient (Wildman–Crippen LogP) is 1.61. The van der Waals surface area contributed by atoms with Crippen molar-refractivity contribution < 1.29 is 19.1 Å². The molecule has 15 heavy (non-hydrogen) atoms. The second kappa shape index (κ2) is 7.79. The summed E-state index contributed by atoms with van der Waals surface area (Å²) >= 11 is 0. The van der Waals surface area contributed by atoms with Gasteiger partial charge in [0.15, 0.2) is 0 Å². The van der Waals surface area contributed by atoms with Crippen molar-refractivity contribution in [3.8, 4) is 0 Å². The van der Waals surface area contributed by atoms with Crippen LogP contribution in [0, 0.1) is 0 Å². The molecule has 0 rings (SSSR count). The van der Waals surface area contributed by atoms with Gasteiger partial charge in [-0.3, -0.25) is 9.59 Å². The summed E-state index contributed by atoms with van der Waals surface area (Å²) in [6.07, 6.45) is 3.73. The van der Waals surface area contributed by atoms with Crippen LogP contribution < -0.4 is 0 Å². The van der Waals surface area contributed by atoms with Crippen LogP contribution in [0.25, 0.3) is 0 Å². The van der Waals surface area contributed by atoms with E-state index < -0.39 is 11.9 Å². The van der Waals surface area contributed by atoms with E-state index in [1.807, 2.05) is 0 Å². The van der Waals surface area contributed by atoms with E-state index in [0.717, 1.165) is 0 Å². The summed E-state index contributed by atoms with van der Waals surface area (Å²) in [6, 6.07) is 0. The molecule has 0 aliphatic carbocycles. The first-order valence-corrected chi connectivity index (χ1v) is 4.62. The van der Waals surface area contributed by atoms with Gasteiger partial charge in [0.25, 0.3) is 0 Å². The molecule has 0 unspecified atom stereocenters. The van der Waals surface area contributed by atoms with Gasteiger partial charge in [-0.2, -0.15) is 0 Å². The van der Waals surface area contributed by atoms with Crippen LogP contribution in [0.4, 0.5) is 0 Å². The maximum Gasteiger partial charge on any atom is 0.317 e. The van der Waals surface area contributed by atoms with Gasteiger partial charge in [0, 0.05) is 12.8 Å². The van der Waals surface area contributed by atoms with E-state index in [2.05, 4.69) is 17.9 Å². The van der Waals surface area contributed by atoms with Crippen LogP contribution in [0.1, 0.15) is 19.3 Å². The van der Waals surface area contributed by atoms with Gasteiger partial charge in [-0.15, -0.1) is 13.2 Å². The number of methoxy groups -OCH3 is 1. The third kappa shape index (κ3) is 6.49. The average Bonchev–Trinajstić information content (AvgIpc) is 2.18. The normalized spacial score (nSPS) is 9.47. The first-order chi connectivity index (χ1) is 7.13. The Hall–Kier alpha value is -1.58. The molecule has 4 nitrogen and oxygen atoms in total. The SMILES string of the molecule is C=CCC(CC=C)OC(=O)CC(=O)OC. The van der Waals surface area contributed by atoms with Crippen LogP contribution >= 0.6 is 0 Å². The number of carbonyl (C=O) groups excluding carboxylic acids is 2. The van der Waals surface area contributed by atoms with Crippen LogP contribution in [-0.2, 0) is 19.1 Å². The van der Waals surface area contributed by atoms with Gasteiger partial charge in [-0.25, -0.2) is 0 Å². The lowest BCUT2D eigenvalue weighted by Crippen LogP contribution is -2.20. The lowest BCUT2D eigenvalue weighted by molar-refractivity contribution is -0.156. The third-order valence-corrected chi connectivity index (χ3v) is 1.67. The van der Waals surface area contributed by atoms with Crippen molar-refractivity contribution in [3.63, 3.8) is 0 Å². The van der Waals surface area contributed by atoms with E-state index in [1.54, 1.807) is 12.2 Å². The number of ether oxygens (including phenoxy) is 2. The van der Waals surface area contributed by atoms with Gasteiger partial charge in [-0.1, -0.05) is 12.2 Å². The lowest BCUT2D eigenvalue weighted by atomic mass is 10.2. The molecule has 0 spiro atoms. The van der Waals surface area contributed by atoms with E-state index in [9.17, 15) is 9.59 Å². The molecule has 0 bridgehead atoms. The minimum Gasteiger partial charge on any atom is -0.469 e. The Morgan fingerprint density at radius 3 is 2.13 bits per heavy atom. The maximum absolute atomic E-state index is 11.2.